The van der Waals surface area contributed by atoms with Crippen molar-refractivity contribution in [3.8, 4) is 0 Å². The Morgan fingerprint density at radius 1 is 0.292 bits per heavy atom. The fourth-order valence-corrected chi connectivity index (χ4v) is 8.78. The van der Waals surface area contributed by atoms with E-state index < -0.39 is 6.10 Å². The fraction of sp³-hybridized carbons (Fsp3) is 0.773. The van der Waals surface area contributed by atoms with Gasteiger partial charge in [0.2, 0.25) is 0 Å². The Morgan fingerprint density at radius 3 is 0.861 bits per heavy atom. The van der Waals surface area contributed by atoms with Crippen LogP contribution in [-0.2, 0) is 28.6 Å². The number of esters is 3. The van der Waals surface area contributed by atoms with Gasteiger partial charge in [-0.05, 0) is 109 Å². The Morgan fingerprint density at radius 2 is 0.542 bits per heavy atom. The molecule has 0 aliphatic carbocycles. The highest BCUT2D eigenvalue weighted by molar-refractivity contribution is 5.71. The predicted molar refractivity (Wildman–Crippen MR) is 311 cm³/mol. The minimum atomic E-state index is -0.785. The molecule has 0 heterocycles. The lowest BCUT2D eigenvalue weighted by molar-refractivity contribution is -0.167. The number of ether oxygens (including phenoxy) is 3. The Bertz CT molecular complexity index is 1340. The summed E-state index contributed by atoms with van der Waals surface area (Å²) in [7, 11) is 0. The molecule has 0 fully saturated rings. The monoisotopic (exact) mass is 1000 g/mol. The van der Waals surface area contributed by atoms with Crippen LogP contribution in [0.25, 0.3) is 0 Å². The second-order valence-corrected chi connectivity index (χ2v) is 20.6. The van der Waals surface area contributed by atoms with Crippen molar-refractivity contribution in [3.05, 3.63) is 72.9 Å². The Kier molecular flexibility index (Phi) is 57.8. The van der Waals surface area contributed by atoms with Gasteiger partial charge < -0.3 is 14.2 Å². The van der Waals surface area contributed by atoms with Crippen LogP contribution in [0.2, 0.25) is 0 Å². The van der Waals surface area contributed by atoms with Gasteiger partial charge in [0.05, 0.1) is 0 Å². The lowest BCUT2D eigenvalue weighted by Gasteiger charge is -2.18. The highest BCUT2D eigenvalue weighted by Gasteiger charge is 2.19. The van der Waals surface area contributed by atoms with Crippen molar-refractivity contribution in [2.45, 2.75) is 316 Å². The molecule has 0 radical (unpaired) electrons. The van der Waals surface area contributed by atoms with Crippen LogP contribution in [0.5, 0.6) is 0 Å². The zero-order valence-corrected chi connectivity index (χ0v) is 47.7. The first kappa shape index (κ1) is 68.8. The van der Waals surface area contributed by atoms with E-state index in [1.54, 1.807) is 0 Å². The van der Waals surface area contributed by atoms with Gasteiger partial charge in [-0.3, -0.25) is 14.4 Å². The van der Waals surface area contributed by atoms with E-state index in [4.69, 9.17) is 14.2 Å². The minimum absolute atomic E-state index is 0.0826. The molecule has 1 unspecified atom stereocenters. The van der Waals surface area contributed by atoms with Crippen LogP contribution in [0.15, 0.2) is 72.9 Å². The van der Waals surface area contributed by atoms with Crippen molar-refractivity contribution < 1.29 is 28.6 Å². The van der Waals surface area contributed by atoms with E-state index in [-0.39, 0.29) is 31.1 Å². The van der Waals surface area contributed by atoms with Crippen molar-refractivity contribution in [1.29, 1.82) is 0 Å². The van der Waals surface area contributed by atoms with Gasteiger partial charge in [-0.2, -0.15) is 0 Å². The Hall–Kier alpha value is -3.15. The molecule has 0 aromatic carbocycles. The summed E-state index contributed by atoms with van der Waals surface area (Å²) in [5.74, 6) is -0.890. The molecule has 6 heteroatoms. The molecule has 0 aliphatic rings. The van der Waals surface area contributed by atoms with E-state index >= 15 is 0 Å². The van der Waals surface area contributed by atoms with Crippen LogP contribution >= 0.6 is 0 Å². The molecule has 0 aromatic heterocycles. The van der Waals surface area contributed by atoms with Crippen molar-refractivity contribution in [1.82, 2.24) is 0 Å². The molecule has 0 saturated carbocycles. The van der Waals surface area contributed by atoms with Crippen LogP contribution < -0.4 is 0 Å². The van der Waals surface area contributed by atoms with Crippen LogP contribution in [0, 0.1) is 0 Å². The normalized spacial score (nSPS) is 12.5. The molecule has 0 aliphatic heterocycles. The van der Waals surface area contributed by atoms with E-state index in [1.807, 2.05) is 0 Å². The van der Waals surface area contributed by atoms with Gasteiger partial charge in [-0.1, -0.05) is 254 Å². The average Bonchev–Trinajstić information content (AvgIpc) is 3.38. The number of carbonyl (C=O) groups excluding carboxylic acids is 3. The largest absolute Gasteiger partial charge is 0.462 e. The molecule has 0 bridgehead atoms. The third-order valence-corrected chi connectivity index (χ3v) is 13.4. The van der Waals surface area contributed by atoms with Gasteiger partial charge >= 0.3 is 17.9 Å². The molecule has 6 nitrogen and oxygen atoms in total. The maximum Gasteiger partial charge on any atom is 0.306 e. The smallest absolute Gasteiger partial charge is 0.306 e. The highest BCUT2D eigenvalue weighted by atomic mass is 16.6. The van der Waals surface area contributed by atoms with Gasteiger partial charge in [-0.15, -0.1) is 0 Å². The topological polar surface area (TPSA) is 78.9 Å². The lowest BCUT2D eigenvalue weighted by atomic mass is 10.1. The van der Waals surface area contributed by atoms with Crippen LogP contribution in [0.3, 0.4) is 0 Å². The second-order valence-electron chi connectivity index (χ2n) is 20.6. The van der Waals surface area contributed by atoms with E-state index in [9.17, 15) is 14.4 Å². The third kappa shape index (κ3) is 57.7. The van der Waals surface area contributed by atoms with Crippen LogP contribution in [0.4, 0.5) is 0 Å². The van der Waals surface area contributed by atoms with E-state index in [0.29, 0.717) is 19.3 Å². The quantitative estimate of drug-likeness (QED) is 0.0261. The molecule has 0 aromatic rings. The lowest BCUT2D eigenvalue weighted by Crippen LogP contribution is -2.30. The summed E-state index contributed by atoms with van der Waals surface area (Å²) >= 11 is 0. The predicted octanol–water partition coefficient (Wildman–Crippen LogP) is 20.9. The minimum Gasteiger partial charge on any atom is -0.462 e. The molecular weight excluding hydrogens is 889 g/mol. The summed E-state index contributed by atoms with van der Waals surface area (Å²) in [5, 5.41) is 0. The molecule has 0 amide bonds. The van der Waals surface area contributed by atoms with Crippen molar-refractivity contribution in [2.24, 2.45) is 0 Å². The first-order valence-electron chi connectivity index (χ1n) is 30.9. The van der Waals surface area contributed by atoms with E-state index in [2.05, 4.69) is 93.7 Å². The second kappa shape index (κ2) is 60.4. The van der Waals surface area contributed by atoms with Gasteiger partial charge in [0.15, 0.2) is 6.10 Å². The summed E-state index contributed by atoms with van der Waals surface area (Å²) in [6, 6.07) is 0. The van der Waals surface area contributed by atoms with Crippen molar-refractivity contribution in [2.75, 3.05) is 13.2 Å². The highest BCUT2D eigenvalue weighted by Crippen LogP contribution is 2.16. The molecule has 0 spiro atoms. The molecule has 416 valence electrons. The Balaban J connectivity index is 4.39. The Labute approximate surface area is 446 Å². The summed E-state index contributed by atoms with van der Waals surface area (Å²) in [6.45, 7) is 6.54. The number of unbranched alkanes of at least 4 members (excludes halogenated alkanes) is 33. The van der Waals surface area contributed by atoms with Crippen LogP contribution in [-0.4, -0.2) is 37.2 Å². The zero-order valence-electron chi connectivity index (χ0n) is 47.7. The van der Waals surface area contributed by atoms with Crippen LogP contribution in [0.1, 0.15) is 310 Å². The van der Waals surface area contributed by atoms with Gasteiger partial charge in [0, 0.05) is 19.3 Å². The molecule has 0 saturated heterocycles. The summed E-state index contributed by atoms with van der Waals surface area (Å²) in [6.07, 6.45) is 77.5. The van der Waals surface area contributed by atoms with Gasteiger partial charge in [0.1, 0.15) is 13.2 Å². The molecule has 0 N–H and O–H groups in total. The molecule has 72 heavy (non-hydrogen) atoms. The summed E-state index contributed by atoms with van der Waals surface area (Å²) < 4.78 is 16.9. The molecular formula is C66H116O6. The van der Waals surface area contributed by atoms with E-state index in [1.165, 1.54) is 173 Å². The third-order valence-electron chi connectivity index (χ3n) is 13.4. The van der Waals surface area contributed by atoms with E-state index in [0.717, 1.165) is 96.3 Å². The number of rotatable bonds is 56. The number of hydrogen-bond acceptors (Lipinski definition) is 6. The van der Waals surface area contributed by atoms with Crippen molar-refractivity contribution in [3.63, 3.8) is 0 Å². The maximum absolute atomic E-state index is 12.9. The zero-order chi connectivity index (χ0) is 52.2. The molecule has 1 atom stereocenters. The summed E-state index contributed by atoms with van der Waals surface area (Å²) in [5.41, 5.74) is 0. The first-order chi connectivity index (χ1) is 35.5. The van der Waals surface area contributed by atoms with Crippen molar-refractivity contribution >= 4 is 17.9 Å². The molecule has 0 rings (SSSR count). The first-order valence-corrected chi connectivity index (χ1v) is 30.9. The summed E-state index contributed by atoms with van der Waals surface area (Å²) in [4.78, 5) is 38.3. The standard InChI is InChI=1S/C66H116O6/c1-4-7-10-13-16-19-22-25-28-31-32-33-34-36-38-41-44-47-50-53-56-59-65(68)71-62-63(61-70-64(67)58-55-52-49-46-43-40-37-30-27-24-21-18-15-12-9-6-3)72-66(69)60-57-54-51-48-45-42-39-35-29-26-23-20-17-14-11-8-5-2/h7,10,16,19,25-26,28-30,32-33,37,63H,4-6,8-9,11-15,17-18,20-24,27,31,34-36,38-62H2,1-3H3/b10-7-,19-16-,28-25-,29-26-,33-32-,37-30-. The van der Waals surface area contributed by atoms with Gasteiger partial charge in [-0.25, -0.2) is 0 Å². The maximum atomic E-state index is 12.9. The fourth-order valence-electron chi connectivity index (χ4n) is 8.78. The van der Waals surface area contributed by atoms with Gasteiger partial charge in [0.25, 0.3) is 0 Å². The average molecular weight is 1010 g/mol. The number of carbonyl (C=O) groups is 3. The SMILES string of the molecule is CC/C=C\C/C=C\C/C=C\C/C=C\CCCCCCCCCCC(=O)OCC(COC(=O)CCCCCCC/C=C\CCCCCCCCC)OC(=O)CCCCCCCCC/C=C\CCCCCCCC. The number of hydrogen-bond donors (Lipinski definition) is 0. The number of allylic oxidation sites excluding steroid dienone is 12.